The second-order valence-corrected chi connectivity index (χ2v) is 8.07. The summed E-state index contributed by atoms with van der Waals surface area (Å²) in [5, 5.41) is 4.29. The quantitative estimate of drug-likeness (QED) is 0.444. The second kappa shape index (κ2) is 9.28. The van der Waals surface area contributed by atoms with Crippen molar-refractivity contribution >= 4 is 16.8 Å². The van der Waals surface area contributed by atoms with Gasteiger partial charge in [0.2, 0.25) is 5.91 Å². The van der Waals surface area contributed by atoms with Gasteiger partial charge in [-0.1, -0.05) is 36.4 Å². The molecule has 168 valence electrons. The molecule has 0 saturated heterocycles. The first kappa shape index (κ1) is 20.9. The first-order valence-corrected chi connectivity index (χ1v) is 11.1. The van der Waals surface area contributed by atoms with Gasteiger partial charge in [-0.3, -0.25) is 4.79 Å². The first-order valence-electron chi connectivity index (χ1n) is 11.1. The van der Waals surface area contributed by atoms with Crippen molar-refractivity contribution < 1.29 is 19.0 Å². The summed E-state index contributed by atoms with van der Waals surface area (Å²) in [4.78, 5) is 16.2. The highest BCUT2D eigenvalue weighted by molar-refractivity contribution is 5.84. The van der Waals surface area contributed by atoms with Crippen molar-refractivity contribution in [3.8, 4) is 17.2 Å². The average Bonchev–Trinajstić information content (AvgIpc) is 3.28. The number of fused-ring (bicyclic) bond motifs is 2. The van der Waals surface area contributed by atoms with Crippen LogP contribution in [0.3, 0.4) is 0 Å². The Morgan fingerprint density at radius 1 is 1.03 bits per heavy atom. The number of rotatable bonds is 7. The Bertz CT molecular complexity index is 1260. The van der Waals surface area contributed by atoms with Crippen molar-refractivity contribution in [2.24, 2.45) is 0 Å². The van der Waals surface area contributed by atoms with Gasteiger partial charge in [-0.2, -0.15) is 0 Å². The number of ether oxygens (including phenoxy) is 3. The van der Waals surface area contributed by atoms with Crippen molar-refractivity contribution in [1.29, 1.82) is 0 Å². The molecule has 1 atom stereocenters. The van der Waals surface area contributed by atoms with E-state index in [1.54, 1.807) is 7.11 Å². The highest BCUT2D eigenvalue weighted by atomic mass is 16.6. The lowest BCUT2D eigenvalue weighted by atomic mass is 9.90. The van der Waals surface area contributed by atoms with Gasteiger partial charge in [-0.15, -0.1) is 0 Å². The summed E-state index contributed by atoms with van der Waals surface area (Å²) in [5.41, 5.74) is 4.23. The maximum absolute atomic E-state index is 12.8. The van der Waals surface area contributed by atoms with E-state index in [2.05, 4.69) is 34.6 Å². The number of nitrogens with one attached hydrogen (secondary N) is 2. The van der Waals surface area contributed by atoms with Crippen LogP contribution in [0, 0.1) is 0 Å². The van der Waals surface area contributed by atoms with Gasteiger partial charge in [-0.25, -0.2) is 0 Å². The fraction of sp³-hybridized carbons (Fsp3) is 0.222. The molecule has 1 aliphatic heterocycles. The molecule has 6 heteroatoms. The van der Waals surface area contributed by atoms with Gasteiger partial charge in [-0.05, 0) is 47.0 Å². The number of hydrogen-bond acceptors (Lipinski definition) is 4. The molecule has 1 amide bonds. The summed E-state index contributed by atoms with van der Waals surface area (Å²) in [7, 11) is 1.66. The number of carbonyl (C=O) groups excluding carboxylic acids is 1. The number of para-hydroxylation sites is 1. The molecule has 6 nitrogen and oxygen atoms in total. The Labute approximate surface area is 192 Å². The van der Waals surface area contributed by atoms with Crippen LogP contribution in [-0.4, -0.2) is 37.8 Å². The molecule has 1 aliphatic rings. The molecule has 2 heterocycles. The van der Waals surface area contributed by atoms with Gasteiger partial charge in [0.15, 0.2) is 11.5 Å². The predicted molar refractivity (Wildman–Crippen MR) is 127 cm³/mol. The minimum Gasteiger partial charge on any atom is -0.497 e. The Balaban J connectivity index is 1.35. The monoisotopic (exact) mass is 442 g/mol. The van der Waals surface area contributed by atoms with E-state index in [0.29, 0.717) is 25.5 Å². The number of methoxy groups -OCH3 is 1. The van der Waals surface area contributed by atoms with E-state index in [4.69, 9.17) is 14.2 Å². The number of benzene rings is 3. The Hall–Kier alpha value is -3.93. The molecule has 0 aliphatic carbocycles. The van der Waals surface area contributed by atoms with Gasteiger partial charge < -0.3 is 24.5 Å². The maximum Gasteiger partial charge on any atom is 0.224 e. The smallest absolute Gasteiger partial charge is 0.224 e. The lowest BCUT2D eigenvalue weighted by molar-refractivity contribution is -0.120. The number of aromatic nitrogens is 1. The maximum atomic E-state index is 12.8. The summed E-state index contributed by atoms with van der Waals surface area (Å²) >= 11 is 0. The summed E-state index contributed by atoms with van der Waals surface area (Å²) in [6.45, 7) is 1.56. The zero-order chi connectivity index (χ0) is 22.6. The van der Waals surface area contributed by atoms with Crippen LogP contribution in [0.1, 0.15) is 22.6 Å². The number of H-pyrrole nitrogens is 1. The van der Waals surface area contributed by atoms with Crippen molar-refractivity contribution in [3.63, 3.8) is 0 Å². The molecule has 2 N–H and O–H groups in total. The third kappa shape index (κ3) is 4.51. The third-order valence-corrected chi connectivity index (χ3v) is 5.99. The SMILES string of the molecule is COc1ccc(C(CNC(=O)Cc2ccc3c(c2)OCCO3)c2c[nH]c3ccccc23)cc1. The molecule has 3 aromatic carbocycles. The summed E-state index contributed by atoms with van der Waals surface area (Å²) in [6, 6.07) is 21.9. The van der Waals surface area contributed by atoms with Crippen LogP contribution in [0.5, 0.6) is 17.2 Å². The predicted octanol–water partition coefficient (Wildman–Crippen LogP) is 4.44. The summed E-state index contributed by atoms with van der Waals surface area (Å²) in [6.07, 6.45) is 2.31. The molecule has 0 fully saturated rings. The molecule has 1 unspecified atom stereocenters. The molecule has 0 radical (unpaired) electrons. The van der Waals surface area contributed by atoms with E-state index in [9.17, 15) is 4.79 Å². The fourth-order valence-electron chi connectivity index (χ4n) is 4.29. The van der Waals surface area contributed by atoms with Crippen LogP contribution < -0.4 is 19.5 Å². The molecular weight excluding hydrogens is 416 g/mol. The lowest BCUT2D eigenvalue weighted by Gasteiger charge is -2.20. The standard InChI is InChI=1S/C27H26N2O4/c1-31-20-9-7-19(8-10-20)22(23-17-28-24-5-3-2-4-21(23)24)16-29-27(30)15-18-6-11-25-26(14-18)33-13-12-32-25/h2-11,14,17,22,28H,12-13,15-16H2,1H3,(H,29,30). The van der Waals surface area contributed by atoms with Crippen molar-refractivity contribution in [1.82, 2.24) is 10.3 Å². The summed E-state index contributed by atoms with van der Waals surface area (Å²) in [5.74, 6) is 2.19. The normalized spacial score (nSPS) is 13.5. The van der Waals surface area contributed by atoms with Gasteiger partial charge in [0, 0.05) is 29.6 Å². The fourth-order valence-corrected chi connectivity index (χ4v) is 4.29. The molecule has 33 heavy (non-hydrogen) atoms. The van der Waals surface area contributed by atoms with Crippen molar-refractivity contribution in [2.75, 3.05) is 26.9 Å². The third-order valence-electron chi connectivity index (χ3n) is 5.99. The lowest BCUT2D eigenvalue weighted by Crippen LogP contribution is -2.30. The van der Waals surface area contributed by atoms with E-state index in [-0.39, 0.29) is 18.2 Å². The number of aromatic amines is 1. The second-order valence-electron chi connectivity index (χ2n) is 8.07. The Morgan fingerprint density at radius 2 is 1.82 bits per heavy atom. The van der Waals surface area contributed by atoms with Crippen LogP contribution in [0.15, 0.2) is 72.9 Å². The molecule has 0 spiro atoms. The average molecular weight is 443 g/mol. The van der Waals surface area contributed by atoms with E-state index in [1.807, 2.05) is 48.7 Å². The number of amides is 1. The highest BCUT2D eigenvalue weighted by Gasteiger charge is 2.20. The van der Waals surface area contributed by atoms with Crippen LogP contribution in [0.4, 0.5) is 0 Å². The molecule has 1 aromatic heterocycles. The first-order chi connectivity index (χ1) is 16.2. The molecule has 0 bridgehead atoms. The van der Waals surface area contributed by atoms with Crippen LogP contribution in [-0.2, 0) is 11.2 Å². The van der Waals surface area contributed by atoms with Gasteiger partial charge in [0.25, 0.3) is 0 Å². The summed E-state index contributed by atoms with van der Waals surface area (Å²) < 4.78 is 16.5. The van der Waals surface area contributed by atoms with Crippen LogP contribution in [0.2, 0.25) is 0 Å². The van der Waals surface area contributed by atoms with Gasteiger partial charge in [0.05, 0.1) is 13.5 Å². The van der Waals surface area contributed by atoms with Crippen molar-refractivity contribution in [2.45, 2.75) is 12.3 Å². The van der Waals surface area contributed by atoms with E-state index < -0.39 is 0 Å². The molecule has 4 aromatic rings. The highest BCUT2D eigenvalue weighted by Crippen LogP contribution is 2.32. The van der Waals surface area contributed by atoms with E-state index >= 15 is 0 Å². The topological polar surface area (TPSA) is 72.6 Å². The van der Waals surface area contributed by atoms with Crippen LogP contribution >= 0.6 is 0 Å². The van der Waals surface area contributed by atoms with Crippen LogP contribution in [0.25, 0.3) is 10.9 Å². The Morgan fingerprint density at radius 3 is 2.64 bits per heavy atom. The Kier molecular flexibility index (Phi) is 5.89. The van der Waals surface area contributed by atoms with E-state index in [1.165, 1.54) is 0 Å². The zero-order valence-corrected chi connectivity index (χ0v) is 18.5. The van der Waals surface area contributed by atoms with Gasteiger partial charge >= 0.3 is 0 Å². The van der Waals surface area contributed by atoms with Gasteiger partial charge in [0.1, 0.15) is 19.0 Å². The minimum atomic E-state index is -0.0370. The number of carbonyl (C=O) groups is 1. The zero-order valence-electron chi connectivity index (χ0n) is 18.5. The minimum absolute atomic E-state index is 0.00345. The molecule has 0 saturated carbocycles. The largest absolute Gasteiger partial charge is 0.497 e. The molecule has 5 rings (SSSR count). The van der Waals surface area contributed by atoms with Crippen molar-refractivity contribution in [3.05, 3.63) is 89.6 Å². The van der Waals surface area contributed by atoms with E-state index in [0.717, 1.165) is 39.1 Å². The molecular formula is C27H26N2O4. The number of hydrogen-bond donors (Lipinski definition) is 2.